The molecule has 0 saturated carbocycles. The maximum absolute atomic E-state index is 13.0. The first-order valence-corrected chi connectivity index (χ1v) is 10.1. The Morgan fingerprint density at radius 1 is 1.13 bits per heavy atom. The van der Waals surface area contributed by atoms with Crippen molar-refractivity contribution in [1.29, 1.82) is 0 Å². The summed E-state index contributed by atoms with van der Waals surface area (Å²) in [7, 11) is 2.87. The van der Waals surface area contributed by atoms with Crippen molar-refractivity contribution < 1.29 is 29.3 Å². The van der Waals surface area contributed by atoms with Gasteiger partial charge in [0.15, 0.2) is 0 Å². The van der Waals surface area contributed by atoms with Crippen LogP contribution < -0.4 is 4.74 Å². The number of halogens is 2. The lowest BCUT2D eigenvalue weighted by Crippen LogP contribution is -2.32. The molecule has 1 unspecified atom stereocenters. The van der Waals surface area contributed by atoms with Crippen LogP contribution in [-0.4, -0.2) is 54.2 Å². The predicted molar refractivity (Wildman–Crippen MR) is 117 cm³/mol. The number of carbonyl (C=O) groups excluding carboxylic acids is 2. The van der Waals surface area contributed by atoms with Crippen molar-refractivity contribution in [2.75, 3.05) is 27.4 Å². The number of nitrogens with zero attached hydrogens (tertiary/aromatic N) is 1. The number of hydrogen-bond donors (Lipinski definition) is 2. The number of hydrogen-bond acceptors (Lipinski definition) is 6. The molecule has 1 aliphatic heterocycles. The Hall–Kier alpha value is -2.74. The number of methoxy groups -OCH3 is 2. The van der Waals surface area contributed by atoms with Gasteiger partial charge in [-0.05, 0) is 42.3 Å². The molecule has 1 saturated heterocycles. The van der Waals surface area contributed by atoms with Gasteiger partial charge in [-0.25, -0.2) is 0 Å². The van der Waals surface area contributed by atoms with Crippen LogP contribution in [0, 0.1) is 6.92 Å². The number of likely N-dealkylation sites (tertiary alicyclic amines) is 1. The monoisotopic (exact) mass is 465 g/mol. The normalized spacial score (nSPS) is 18.0. The summed E-state index contributed by atoms with van der Waals surface area (Å²) in [6.07, 6.45) is 0. The van der Waals surface area contributed by atoms with Crippen molar-refractivity contribution in [2.45, 2.75) is 13.0 Å². The van der Waals surface area contributed by atoms with E-state index in [9.17, 15) is 19.8 Å². The van der Waals surface area contributed by atoms with Crippen LogP contribution in [0.1, 0.15) is 22.7 Å². The van der Waals surface area contributed by atoms with E-state index in [-0.39, 0.29) is 45.8 Å². The minimum Gasteiger partial charge on any atom is -0.507 e. The Balaban J connectivity index is 2.28. The standard InChI is InChI=1S/C22H21Cl2NO6/c1-11-8-13(21(31-3)15(24)9-11)19(27)17-18(12-4-5-16(26)14(23)10-12)25(6-7-30-2)22(29)20(17)28/h4-5,8-10,18,26-27H,6-7H2,1-3H3/b19-17+. The number of phenolic OH excluding ortho intramolecular Hbond substituents is 1. The number of ketones is 1. The topological polar surface area (TPSA) is 96.3 Å². The van der Waals surface area contributed by atoms with E-state index in [0.717, 1.165) is 5.56 Å². The van der Waals surface area contributed by atoms with Gasteiger partial charge in [-0.15, -0.1) is 0 Å². The van der Waals surface area contributed by atoms with Gasteiger partial charge in [0.1, 0.15) is 17.3 Å². The van der Waals surface area contributed by atoms with Gasteiger partial charge in [-0.1, -0.05) is 29.3 Å². The third-order valence-electron chi connectivity index (χ3n) is 5.01. The Kier molecular flexibility index (Phi) is 6.79. The zero-order valence-electron chi connectivity index (χ0n) is 17.1. The van der Waals surface area contributed by atoms with E-state index >= 15 is 0 Å². The number of aliphatic hydroxyl groups is 1. The number of amides is 1. The van der Waals surface area contributed by atoms with Gasteiger partial charge < -0.3 is 24.6 Å². The van der Waals surface area contributed by atoms with Crippen LogP contribution in [0.3, 0.4) is 0 Å². The maximum atomic E-state index is 13.0. The highest BCUT2D eigenvalue weighted by Gasteiger charge is 2.46. The van der Waals surface area contributed by atoms with Crippen LogP contribution >= 0.6 is 23.2 Å². The van der Waals surface area contributed by atoms with E-state index in [4.69, 9.17) is 32.7 Å². The number of aromatic hydroxyl groups is 1. The number of benzene rings is 2. The molecule has 1 amide bonds. The zero-order valence-corrected chi connectivity index (χ0v) is 18.6. The average molecular weight is 466 g/mol. The van der Waals surface area contributed by atoms with Crippen LogP contribution in [-0.2, 0) is 14.3 Å². The molecule has 164 valence electrons. The number of phenols is 1. The average Bonchev–Trinajstić information content (AvgIpc) is 2.97. The molecule has 1 atom stereocenters. The molecule has 0 radical (unpaired) electrons. The number of ether oxygens (including phenoxy) is 2. The molecule has 3 rings (SSSR count). The summed E-state index contributed by atoms with van der Waals surface area (Å²) < 4.78 is 10.4. The lowest BCUT2D eigenvalue weighted by Gasteiger charge is -2.25. The zero-order chi connectivity index (χ0) is 22.9. The summed E-state index contributed by atoms with van der Waals surface area (Å²) in [6.45, 7) is 2.05. The Bertz CT molecular complexity index is 1080. The maximum Gasteiger partial charge on any atom is 0.295 e. The van der Waals surface area contributed by atoms with Gasteiger partial charge in [0.25, 0.3) is 11.7 Å². The van der Waals surface area contributed by atoms with E-state index in [1.807, 2.05) is 0 Å². The molecule has 7 nitrogen and oxygen atoms in total. The van der Waals surface area contributed by atoms with Crippen molar-refractivity contribution in [3.63, 3.8) is 0 Å². The van der Waals surface area contributed by atoms with Gasteiger partial charge in [0, 0.05) is 13.7 Å². The molecule has 0 aromatic heterocycles. The molecule has 1 heterocycles. The highest BCUT2D eigenvalue weighted by molar-refractivity contribution is 6.46. The summed E-state index contributed by atoms with van der Waals surface area (Å²) in [6, 6.07) is 6.66. The molecular formula is C22H21Cl2NO6. The molecule has 1 aliphatic rings. The van der Waals surface area contributed by atoms with E-state index in [0.29, 0.717) is 5.56 Å². The highest BCUT2D eigenvalue weighted by atomic mass is 35.5. The molecular weight excluding hydrogens is 445 g/mol. The smallest absolute Gasteiger partial charge is 0.295 e. The van der Waals surface area contributed by atoms with Crippen LogP contribution in [0.15, 0.2) is 35.9 Å². The number of aliphatic hydroxyl groups excluding tert-OH is 1. The van der Waals surface area contributed by atoms with Gasteiger partial charge in [0.2, 0.25) is 0 Å². The Morgan fingerprint density at radius 3 is 2.45 bits per heavy atom. The second-order valence-electron chi connectivity index (χ2n) is 7.02. The first-order chi connectivity index (χ1) is 14.7. The lowest BCUT2D eigenvalue weighted by atomic mass is 9.94. The summed E-state index contributed by atoms with van der Waals surface area (Å²) in [4.78, 5) is 27.1. The number of carbonyl (C=O) groups is 2. The molecule has 2 N–H and O–H groups in total. The first-order valence-electron chi connectivity index (χ1n) is 9.31. The van der Waals surface area contributed by atoms with Gasteiger partial charge in [0.05, 0.1) is 40.9 Å². The van der Waals surface area contributed by atoms with Crippen molar-refractivity contribution in [3.05, 3.63) is 62.6 Å². The van der Waals surface area contributed by atoms with E-state index in [1.165, 1.54) is 37.3 Å². The highest BCUT2D eigenvalue weighted by Crippen LogP contribution is 2.43. The fraction of sp³-hybridized carbons (Fsp3) is 0.273. The SMILES string of the molecule is COCCN1C(=O)C(=O)/C(=C(/O)c2cc(C)cc(Cl)c2OC)C1c1ccc(O)c(Cl)c1. The predicted octanol–water partition coefficient (Wildman–Crippen LogP) is 4.08. The molecule has 0 bridgehead atoms. The third kappa shape index (κ3) is 4.21. The molecule has 2 aromatic carbocycles. The molecule has 1 fully saturated rings. The minimum absolute atomic E-state index is 0.0472. The second kappa shape index (κ2) is 9.18. The van der Waals surface area contributed by atoms with E-state index in [1.54, 1.807) is 19.1 Å². The Labute approximate surface area is 189 Å². The molecule has 0 aliphatic carbocycles. The number of aryl methyl sites for hydroxylation is 1. The van der Waals surface area contributed by atoms with Crippen LogP contribution in [0.5, 0.6) is 11.5 Å². The number of Topliss-reactive ketones (excluding diaryl/α,β-unsaturated/α-hetero) is 1. The first kappa shape index (κ1) is 22.9. The van der Waals surface area contributed by atoms with E-state index in [2.05, 4.69) is 0 Å². The molecule has 9 heteroatoms. The summed E-state index contributed by atoms with van der Waals surface area (Å²) in [5, 5.41) is 21.3. The summed E-state index contributed by atoms with van der Waals surface area (Å²) in [5.41, 5.74) is 1.22. The van der Waals surface area contributed by atoms with Crippen LogP contribution in [0.4, 0.5) is 0 Å². The van der Waals surface area contributed by atoms with Crippen molar-refractivity contribution in [2.24, 2.45) is 0 Å². The van der Waals surface area contributed by atoms with Gasteiger partial charge in [-0.3, -0.25) is 9.59 Å². The van der Waals surface area contributed by atoms with Crippen molar-refractivity contribution >= 4 is 40.7 Å². The second-order valence-corrected chi connectivity index (χ2v) is 7.84. The van der Waals surface area contributed by atoms with Gasteiger partial charge >= 0.3 is 0 Å². The quantitative estimate of drug-likeness (QED) is 0.379. The van der Waals surface area contributed by atoms with Gasteiger partial charge in [-0.2, -0.15) is 0 Å². The fourth-order valence-electron chi connectivity index (χ4n) is 3.60. The summed E-state index contributed by atoms with van der Waals surface area (Å²) in [5.74, 6) is -2.04. The van der Waals surface area contributed by atoms with Crippen LogP contribution in [0.25, 0.3) is 5.76 Å². The molecule has 2 aromatic rings. The van der Waals surface area contributed by atoms with Crippen molar-refractivity contribution in [1.82, 2.24) is 4.90 Å². The van der Waals surface area contributed by atoms with Crippen molar-refractivity contribution in [3.8, 4) is 11.5 Å². The minimum atomic E-state index is -0.947. The fourth-order valence-corrected chi connectivity index (χ4v) is 4.14. The summed E-state index contributed by atoms with van der Waals surface area (Å²) >= 11 is 12.3. The lowest BCUT2D eigenvalue weighted by molar-refractivity contribution is -0.140. The van der Waals surface area contributed by atoms with Crippen LogP contribution in [0.2, 0.25) is 10.0 Å². The van der Waals surface area contributed by atoms with E-state index < -0.39 is 23.5 Å². The molecule has 0 spiro atoms. The molecule has 31 heavy (non-hydrogen) atoms. The Morgan fingerprint density at radius 2 is 1.84 bits per heavy atom. The number of rotatable bonds is 6. The largest absolute Gasteiger partial charge is 0.507 e. The third-order valence-corrected chi connectivity index (χ3v) is 5.59.